The Morgan fingerprint density at radius 3 is 2.30 bits per heavy atom. The van der Waals surface area contributed by atoms with Crippen molar-refractivity contribution < 1.29 is 27.8 Å². The van der Waals surface area contributed by atoms with Gasteiger partial charge in [0.25, 0.3) is 0 Å². The number of aliphatic hydroxyl groups excluding tert-OH is 1. The molecule has 0 bridgehead atoms. The molecule has 0 radical (unpaired) electrons. The van der Waals surface area contributed by atoms with Gasteiger partial charge in [0.1, 0.15) is 5.69 Å². The van der Waals surface area contributed by atoms with Gasteiger partial charge in [-0.05, 0) is 29.3 Å². The number of alkyl halides is 3. The molecule has 5 nitrogen and oxygen atoms in total. The van der Waals surface area contributed by atoms with E-state index < -0.39 is 23.4 Å². The van der Waals surface area contributed by atoms with Gasteiger partial charge in [-0.15, -0.1) is 0 Å². The van der Waals surface area contributed by atoms with E-state index in [2.05, 4.69) is 5.32 Å². The number of rotatable bonds is 7. The molecule has 2 aromatic carbocycles. The highest BCUT2D eigenvalue weighted by molar-refractivity contribution is 6.30. The van der Waals surface area contributed by atoms with Crippen LogP contribution in [0.1, 0.15) is 25.1 Å². The van der Waals surface area contributed by atoms with Crippen molar-refractivity contribution >= 4 is 17.7 Å². The second kappa shape index (κ2) is 9.89. The molecule has 2 N–H and O–H groups in total. The van der Waals surface area contributed by atoms with E-state index in [4.69, 9.17) is 16.3 Å². The van der Waals surface area contributed by atoms with Gasteiger partial charge >= 0.3 is 12.3 Å². The van der Waals surface area contributed by atoms with E-state index in [1.807, 2.05) is 0 Å². The summed E-state index contributed by atoms with van der Waals surface area (Å²) in [5, 5.41) is 12.3. The van der Waals surface area contributed by atoms with Crippen LogP contribution in [-0.4, -0.2) is 28.9 Å². The molecule has 9 heteroatoms. The van der Waals surface area contributed by atoms with E-state index in [1.54, 1.807) is 68.4 Å². The zero-order chi connectivity index (χ0) is 24.2. The van der Waals surface area contributed by atoms with Crippen LogP contribution >= 0.6 is 11.6 Å². The molecule has 1 aromatic heterocycles. The van der Waals surface area contributed by atoms with Gasteiger partial charge in [-0.25, -0.2) is 4.79 Å². The molecule has 0 saturated heterocycles. The number of nitrogens with zero attached hydrogens (tertiary/aromatic N) is 1. The van der Waals surface area contributed by atoms with E-state index >= 15 is 0 Å². The first-order valence-electron chi connectivity index (χ1n) is 10.2. The molecular formula is C24H24ClF3N2O3. The van der Waals surface area contributed by atoms with Crippen LogP contribution in [0.2, 0.25) is 5.02 Å². The van der Waals surface area contributed by atoms with Crippen LogP contribution < -0.4 is 10.1 Å². The Hall–Kier alpha value is -2.97. The molecular weight excluding hydrogens is 457 g/mol. The van der Waals surface area contributed by atoms with Crippen LogP contribution in [0.3, 0.4) is 0 Å². The largest absolute Gasteiger partial charge is 0.431 e. The lowest BCUT2D eigenvalue weighted by Crippen LogP contribution is -2.38. The summed E-state index contributed by atoms with van der Waals surface area (Å²) in [6, 6.07) is 15.8. The quantitative estimate of drug-likeness (QED) is 0.437. The minimum Gasteiger partial charge on any atom is -0.396 e. The normalized spacial score (nSPS) is 12.0. The Bertz CT molecular complexity index is 1090. The number of nitrogens with one attached hydrogen (secondary N) is 1. The Kier molecular flexibility index (Phi) is 7.39. The fraction of sp³-hybridized carbons (Fsp3) is 0.292. The van der Waals surface area contributed by atoms with E-state index in [9.17, 15) is 23.1 Å². The molecule has 0 unspecified atom stereocenters. The van der Waals surface area contributed by atoms with Crippen LogP contribution in [0.15, 0.2) is 60.7 Å². The minimum atomic E-state index is -4.69. The van der Waals surface area contributed by atoms with Crippen molar-refractivity contribution in [1.82, 2.24) is 9.88 Å². The van der Waals surface area contributed by atoms with Crippen molar-refractivity contribution in [2.24, 2.45) is 5.41 Å². The van der Waals surface area contributed by atoms with Gasteiger partial charge in [-0.3, -0.25) is 0 Å². The SMILES string of the molecule is CC(C)(CO)CNC(=O)Oc1c(-c2ccc(Cl)cc2)cc(C(F)(F)F)n1Cc1ccccc1. The third kappa shape index (κ3) is 6.30. The molecule has 3 aromatic rings. The van der Waals surface area contributed by atoms with Crippen LogP contribution in [0.4, 0.5) is 18.0 Å². The van der Waals surface area contributed by atoms with Crippen LogP contribution in [-0.2, 0) is 12.7 Å². The number of hydrogen-bond acceptors (Lipinski definition) is 3. The highest BCUT2D eigenvalue weighted by atomic mass is 35.5. The Morgan fingerprint density at radius 2 is 1.73 bits per heavy atom. The first-order chi connectivity index (χ1) is 15.5. The summed E-state index contributed by atoms with van der Waals surface area (Å²) in [5.41, 5.74) is -0.453. The summed E-state index contributed by atoms with van der Waals surface area (Å²) in [6.07, 6.45) is -5.61. The maximum absolute atomic E-state index is 14.0. The molecule has 3 rings (SSSR count). The van der Waals surface area contributed by atoms with E-state index in [1.165, 1.54) is 0 Å². The van der Waals surface area contributed by atoms with Gasteiger partial charge in [0.05, 0.1) is 6.54 Å². The van der Waals surface area contributed by atoms with Crippen molar-refractivity contribution in [2.45, 2.75) is 26.6 Å². The minimum absolute atomic E-state index is 0.0735. The van der Waals surface area contributed by atoms with Gasteiger partial charge in [0, 0.05) is 29.2 Å². The summed E-state index contributed by atoms with van der Waals surface area (Å²) >= 11 is 5.94. The average molecular weight is 481 g/mol. The number of carbonyl (C=O) groups is 1. The van der Waals surface area contributed by atoms with Crippen molar-refractivity contribution in [3.63, 3.8) is 0 Å². The number of benzene rings is 2. The lowest BCUT2D eigenvalue weighted by atomic mass is 9.95. The first-order valence-corrected chi connectivity index (χ1v) is 10.5. The van der Waals surface area contributed by atoms with Gasteiger partial charge in [-0.2, -0.15) is 13.2 Å². The highest BCUT2D eigenvalue weighted by Gasteiger charge is 2.38. The summed E-state index contributed by atoms with van der Waals surface area (Å²) in [5.74, 6) is -0.243. The maximum atomic E-state index is 14.0. The smallest absolute Gasteiger partial charge is 0.396 e. The average Bonchev–Trinajstić information content (AvgIpc) is 3.12. The third-order valence-electron chi connectivity index (χ3n) is 5.01. The molecule has 0 aliphatic heterocycles. The van der Waals surface area contributed by atoms with Gasteiger partial charge in [0.15, 0.2) is 0 Å². The van der Waals surface area contributed by atoms with Gasteiger partial charge < -0.3 is 19.7 Å². The number of ether oxygens (including phenoxy) is 1. The van der Waals surface area contributed by atoms with Gasteiger partial charge in [0.2, 0.25) is 5.88 Å². The van der Waals surface area contributed by atoms with Crippen molar-refractivity contribution in [3.05, 3.63) is 76.9 Å². The number of amides is 1. The fourth-order valence-electron chi connectivity index (χ4n) is 3.13. The molecule has 0 fully saturated rings. The maximum Gasteiger partial charge on any atom is 0.431 e. The van der Waals surface area contributed by atoms with E-state index in [-0.39, 0.29) is 31.1 Å². The zero-order valence-electron chi connectivity index (χ0n) is 18.1. The first kappa shape index (κ1) is 24.7. The van der Waals surface area contributed by atoms with E-state index in [0.29, 0.717) is 16.1 Å². The predicted molar refractivity (Wildman–Crippen MR) is 120 cm³/mol. The second-order valence-electron chi connectivity index (χ2n) is 8.39. The summed E-state index contributed by atoms with van der Waals surface area (Å²) in [6.45, 7) is 3.18. The summed E-state index contributed by atoms with van der Waals surface area (Å²) < 4.78 is 48.3. The number of aliphatic hydroxyl groups is 1. The third-order valence-corrected chi connectivity index (χ3v) is 5.26. The van der Waals surface area contributed by atoms with Crippen molar-refractivity contribution in [1.29, 1.82) is 0 Å². The summed E-state index contributed by atoms with van der Waals surface area (Å²) in [7, 11) is 0. The van der Waals surface area contributed by atoms with Crippen LogP contribution in [0.5, 0.6) is 5.88 Å². The molecule has 0 aliphatic rings. The van der Waals surface area contributed by atoms with E-state index in [0.717, 1.165) is 10.6 Å². The van der Waals surface area contributed by atoms with Crippen LogP contribution in [0, 0.1) is 5.41 Å². The Morgan fingerprint density at radius 1 is 1.09 bits per heavy atom. The fourth-order valence-corrected chi connectivity index (χ4v) is 3.25. The molecule has 176 valence electrons. The topological polar surface area (TPSA) is 63.5 Å². The lowest BCUT2D eigenvalue weighted by molar-refractivity contribution is -0.143. The molecule has 33 heavy (non-hydrogen) atoms. The standard InChI is InChI=1S/C24H24ClF3N2O3/c1-23(2,15-31)14-29-22(32)33-21-19(17-8-10-18(25)11-9-17)12-20(24(26,27)28)30(21)13-16-6-4-3-5-7-16/h3-12,31H,13-15H2,1-2H3,(H,29,32). The van der Waals surface area contributed by atoms with Gasteiger partial charge in [-0.1, -0.05) is 67.9 Å². The van der Waals surface area contributed by atoms with Crippen molar-refractivity contribution in [3.8, 4) is 17.0 Å². The molecule has 0 saturated carbocycles. The molecule has 1 heterocycles. The number of halogens is 4. The highest BCUT2D eigenvalue weighted by Crippen LogP contribution is 2.41. The second-order valence-corrected chi connectivity index (χ2v) is 8.83. The number of carbonyl (C=O) groups excluding carboxylic acids is 1. The molecule has 1 amide bonds. The van der Waals surface area contributed by atoms with Crippen LogP contribution in [0.25, 0.3) is 11.1 Å². The Labute approximate surface area is 194 Å². The molecule has 0 aliphatic carbocycles. The number of aromatic nitrogens is 1. The monoisotopic (exact) mass is 480 g/mol. The van der Waals surface area contributed by atoms with Crippen molar-refractivity contribution in [2.75, 3.05) is 13.2 Å². The lowest BCUT2D eigenvalue weighted by Gasteiger charge is -2.22. The molecule has 0 atom stereocenters. The zero-order valence-corrected chi connectivity index (χ0v) is 18.9. The number of hydrogen-bond donors (Lipinski definition) is 2. The Balaban J connectivity index is 2.08. The summed E-state index contributed by atoms with van der Waals surface area (Å²) in [4.78, 5) is 12.5. The predicted octanol–water partition coefficient (Wildman–Crippen LogP) is 5.98. The molecule has 0 spiro atoms.